The summed E-state index contributed by atoms with van der Waals surface area (Å²) in [4.78, 5) is 0. The van der Waals surface area contributed by atoms with E-state index in [2.05, 4.69) is 0 Å². The van der Waals surface area contributed by atoms with Gasteiger partial charge in [-0.15, -0.1) is 0 Å². The molecule has 7 heavy (non-hydrogen) atoms. The Bertz CT molecular complexity index is 47.7. The predicted molar refractivity (Wildman–Crippen MR) is 28.1 cm³/mol. The van der Waals surface area contributed by atoms with Crippen LogP contribution in [0.4, 0.5) is 8.71 Å². The second-order valence-electron chi connectivity index (χ2n) is 1.90. The van der Waals surface area contributed by atoms with Crippen LogP contribution in [-0.4, -0.2) is 13.1 Å². The second kappa shape index (κ2) is 2.29. The number of hydrogen-bond acceptors (Lipinski definition) is 0. The highest BCUT2D eigenvalue weighted by Gasteiger charge is 2.21. The van der Waals surface area contributed by atoms with Gasteiger partial charge < -0.3 is 4.32 Å². The van der Waals surface area contributed by atoms with E-state index in [0.717, 1.165) is 0 Å². The van der Waals surface area contributed by atoms with Crippen LogP contribution in [0.1, 0.15) is 20.3 Å². The van der Waals surface area contributed by atoms with Crippen molar-refractivity contribution in [2.45, 2.75) is 25.8 Å². The highest BCUT2D eigenvalue weighted by atomic mass is 19.2. The molecule has 0 saturated carbocycles. The summed E-state index contributed by atoms with van der Waals surface area (Å²) in [5, 5.41) is 0. The van der Waals surface area contributed by atoms with E-state index in [1.807, 2.05) is 0 Å². The SMILES string of the molecule is CCC(C)(F)BF. The molecule has 42 valence electrons. The van der Waals surface area contributed by atoms with Crippen LogP contribution in [0.3, 0.4) is 0 Å². The van der Waals surface area contributed by atoms with Gasteiger partial charge in [0, 0.05) is 0 Å². The molecule has 0 radical (unpaired) electrons. The van der Waals surface area contributed by atoms with Gasteiger partial charge in [-0.3, -0.25) is 4.39 Å². The van der Waals surface area contributed by atoms with E-state index in [-0.39, 0.29) is 6.42 Å². The van der Waals surface area contributed by atoms with Crippen LogP contribution in [-0.2, 0) is 0 Å². The van der Waals surface area contributed by atoms with Crippen molar-refractivity contribution in [3.05, 3.63) is 0 Å². The molecule has 0 spiro atoms. The van der Waals surface area contributed by atoms with Crippen molar-refractivity contribution in [2.75, 3.05) is 0 Å². The molecule has 0 aromatic rings. The molecule has 0 fully saturated rings. The standard InChI is InChI=1S/C4H9BF2/c1-3-4(2,6)5-7/h5H,3H2,1-2H3. The molecule has 0 aromatic heterocycles. The summed E-state index contributed by atoms with van der Waals surface area (Å²) in [7, 11) is -0.872. The lowest BCUT2D eigenvalue weighted by Crippen LogP contribution is -2.21. The van der Waals surface area contributed by atoms with E-state index >= 15 is 0 Å². The fraction of sp³-hybridized carbons (Fsp3) is 1.00. The van der Waals surface area contributed by atoms with Gasteiger partial charge in [0.2, 0.25) is 0 Å². The number of alkyl halides is 1. The first kappa shape index (κ1) is 6.92. The van der Waals surface area contributed by atoms with Gasteiger partial charge in [-0.05, 0) is 13.3 Å². The molecular formula is C4H9BF2. The molecule has 0 amide bonds. The maximum absolute atomic E-state index is 12.2. The summed E-state index contributed by atoms with van der Waals surface area (Å²) in [6.45, 7) is 2.88. The molecule has 0 aliphatic carbocycles. The zero-order chi connectivity index (χ0) is 5.91. The average molecular weight is 106 g/mol. The van der Waals surface area contributed by atoms with Gasteiger partial charge in [0.25, 0.3) is 0 Å². The lowest BCUT2D eigenvalue weighted by molar-refractivity contribution is 0.279. The Morgan fingerprint density at radius 1 is 1.71 bits per heavy atom. The molecule has 0 saturated heterocycles. The van der Waals surface area contributed by atoms with E-state index in [9.17, 15) is 8.71 Å². The molecule has 1 atom stereocenters. The smallest absolute Gasteiger partial charge is 0.338 e. The van der Waals surface area contributed by atoms with Gasteiger partial charge in [-0.2, -0.15) is 0 Å². The minimum Gasteiger partial charge on any atom is -0.338 e. The van der Waals surface area contributed by atoms with E-state index < -0.39 is 13.1 Å². The molecule has 3 heteroatoms. The fourth-order valence-electron chi connectivity index (χ4n) is 0.0945. The molecule has 0 aromatic carbocycles. The van der Waals surface area contributed by atoms with Gasteiger partial charge in [0.15, 0.2) is 0 Å². The first-order chi connectivity index (χ1) is 3.12. The van der Waals surface area contributed by atoms with Crippen molar-refractivity contribution in [3.63, 3.8) is 0 Å². The summed E-state index contributed by atoms with van der Waals surface area (Å²) in [5.41, 5.74) is -1.58. The Kier molecular flexibility index (Phi) is 2.26. The van der Waals surface area contributed by atoms with E-state index in [1.54, 1.807) is 6.92 Å². The number of rotatable bonds is 2. The van der Waals surface area contributed by atoms with E-state index in [1.165, 1.54) is 6.92 Å². The Balaban J connectivity index is 3.36. The van der Waals surface area contributed by atoms with Crippen molar-refractivity contribution in [3.8, 4) is 0 Å². The third-order valence-electron chi connectivity index (χ3n) is 1.02. The summed E-state index contributed by atoms with van der Waals surface area (Å²) in [5.74, 6) is 0. The van der Waals surface area contributed by atoms with E-state index in [4.69, 9.17) is 0 Å². The Morgan fingerprint density at radius 2 is 2.14 bits per heavy atom. The lowest BCUT2D eigenvalue weighted by atomic mass is 9.79. The normalized spacial score (nSPS) is 18.3. The lowest BCUT2D eigenvalue weighted by Gasteiger charge is -2.08. The summed E-state index contributed by atoms with van der Waals surface area (Å²) < 4.78 is 23.6. The Morgan fingerprint density at radius 3 is 2.14 bits per heavy atom. The van der Waals surface area contributed by atoms with E-state index in [0.29, 0.717) is 0 Å². The largest absolute Gasteiger partial charge is 0.369 e. The summed E-state index contributed by atoms with van der Waals surface area (Å²) in [6, 6.07) is 0. The first-order valence-electron chi connectivity index (χ1n) is 2.37. The minimum absolute atomic E-state index is 0.253. The molecule has 0 aliphatic rings. The fourth-order valence-corrected chi connectivity index (χ4v) is 0.0945. The van der Waals surface area contributed by atoms with Crippen molar-refractivity contribution in [1.29, 1.82) is 0 Å². The van der Waals surface area contributed by atoms with Crippen molar-refractivity contribution in [1.82, 2.24) is 0 Å². The van der Waals surface area contributed by atoms with Crippen LogP contribution in [0.5, 0.6) is 0 Å². The Labute approximate surface area is 43.2 Å². The van der Waals surface area contributed by atoms with Crippen LogP contribution < -0.4 is 0 Å². The van der Waals surface area contributed by atoms with Crippen molar-refractivity contribution in [2.24, 2.45) is 0 Å². The highest BCUT2D eigenvalue weighted by molar-refractivity contribution is 6.30. The molecule has 0 rings (SSSR count). The van der Waals surface area contributed by atoms with Gasteiger partial charge in [0.05, 0.1) is 0 Å². The molecule has 0 nitrogen and oxygen atoms in total. The second-order valence-corrected chi connectivity index (χ2v) is 1.90. The minimum atomic E-state index is -1.58. The third-order valence-corrected chi connectivity index (χ3v) is 1.02. The zero-order valence-electron chi connectivity index (χ0n) is 4.67. The van der Waals surface area contributed by atoms with Gasteiger partial charge in [-0.25, -0.2) is 0 Å². The van der Waals surface area contributed by atoms with Crippen LogP contribution in [0.25, 0.3) is 0 Å². The quantitative estimate of drug-likeness (QED) is 0.466. The van der Waals surface area contributed by atoms with Crippen molar-refractivity contribution < 1.29 is 8.71 Å². The summed E-state index contributed by atoms with van der Waals surface area (Å²) in [6.07, 6.45) is 0.253. The van der Waals surface area contributed by atoms with Crippen molar-refractivity contribution >= 4 is 7.56 Å². The number of halogens is 2. The molecule has 0 bridgehead atoms. The molecule has 0 heterocycles. The molecule has 0 N–H and O–H groups in total. The first-order valence-corrected chi connectivity index (χ1v) is 2.37. The zero-order valence-corrected chi connectivity index (χ0v) is 4.67. The van der Waals surface area contributed by atoms with Crippen LogP contribution >= 0.6 is 0 Å². The van der Waals surface area contributed by atoms with Gasteiger partial charge >= 0.3 is 7.56 Å². The summed E-state index contributed by atoms with van der Waals surface area (Å²) >= 11 is 0. The topological polar surface area (TPSA) is 0 Å². The molecular weight excluding hydrogens is 96.9 g/mol. The molecule has 1 unspecified atom stereocenters. The monoisotopic (exact) mass is 106 g/mol. The molecule has 0 aliphatic heterocycles. The van der Waals surface area contributed by atoms with Gasteiger partial charge in [-0.1, -0.05) is 6.92 Å². The van der Waals surface area contributed by atoms with Crippen LogP contribution in [0, 0.1) is 0 Å². The van der Waals surface area contributed by atoms with Crippen LogP contribution in [0.15, 0.2) is 0 Å². The maximum atomic E-state index is 12.2. The van der Waals surface area contributed by atoms with Crippen LogP contribution in [0.2, 0.25) is 0 Å². The Hall–Kier alpha value is -0.0751. The van der Waals surface area contributed by atoms with Gasteiger partial charge in [0.1, 0.15) is 5.57 Å². The number of hydrogen-bond donors (Lipinski definition) is 0. The maximum Gasteiger partial charge on any atom is 0.369 e. The third kappa shape index (κ3) is 2.60. The average Bonchev–Trinajstić information content (AvgIpc) is 1.68. The highest BCUT2D eigenvalue weighted by Crippen LogP contribution is 2.11. The predicted octanol–water partition coefficient (Wildman–Crippen LogP) is 1.40.